The first-order valence-electron chi connectivity index (χ1n) is 9.38. The van der Waals surface area contributed by atoms with E-state index in [9.17, 15) is 9.59 Å². The van der Waals surface area contributed by atoms with Crippen molar-refractivity contribution in [1.82, 2.24) is 24.4 Å². The van der Waals surface area contributed by atoms with Gasteiger partial charge in [-0.25, -0.2) is 4.98 Å². The Bertz CT molecular complexity index is 1080. The highest BCUT2D eigenvalue weighted by Gasteiger charge is 2.26. The van der Waals surface area contributed by atoms with Gasteiger partial charge in [0.25, 0.3) is 5.56 Å². The minimum absolute atomic E-state index is 0.0532. The Morgan fingerprint density at radius 3 is 2.93 bits per heavy atom. The highest BCUT2D eigenvalue weighted by molar-refractivity contribution is 5.79. The van der Waals surface area contributed by atoms with E-state index in [0.29, 0.717) is 35.8 Å². The Kier molecular flexibility index (Phi) is 5.37. The van der Waals surface area contributed by atoms with Gasteiger partial charge in [0, 0.05) is 6.54 Å². The summed E-state index contributed by atoms with van der Waals surface area (Å²) in [6.45, 7) is 0.994. The van der Waals surface area contributed by atoms with Gasteiger partial charge in [-0.1, -0.05) is 12.1 Å². The van der Waals surface area contributed by atoms with Crippen LogP contribution in [-0.4, -0.2) is 56.6 Å². The zero-order valence-electron chi connectivity index (χ0n) is 16.0. The normalized spacial score (nSPS) is 16.6. The number of benzene rings is 1. The molecule has 1 saturated heterocycles. The lowest BCUT2D eigenvalue weighted by atomic mass is 10.1. The van der Waals surface area contributed by atoms with Gasteiger partial charge in [-0.3, -0.25) is 19.1 Å². The van der Waals surface area contributed by atoms with Gasteiger partial charge in [0.15, 0.2) is 0 Å². The molecule has 9 heteroatoms. The summed E-state index contributed by atoms with van der Waals surface area (Å²) in [5.41, 5.74) is 0.396. The topological polar surface area (TPSA) is 99.4 Å². The molecular weight excluding hydrogens is 374 g/mol. The van der Waals surface area contributed by atoms with Gasteiger partial charge >= 0.3 is 0 Å². The van der Waals surface area contributed by atoms with Gasteiger partial charge < -0.3 is 14.4 Å². The molecule has 150 valence electrons. The summed E-state index contributed by atoms with van der Waals surface area (Å²) < 4.78 is 12.3. The second-order valence-corrected chi connectivity index (χ2v) is 6.82. The third-order valence-corrected chi connectivity index (χ3v) is 4.85. The van der Waals surface area contributed by atoms with Crippen molar-refractivity contribution < 1.29 is 14.3 Å². The van der Waals surface area contributed by atoms with E-state index in [1.54, 1.807) is 23.1 Å². The van der Waals surface area contributed by atoms with Gasteiger partial charge in [-0.05, 0) is 25.0 Å². The van der Waals surface area contributed by atoms with E-state index in [4.69, 9.17) is 9.47 Å². The van der Waals surface area contributed by atoms with E-state index < -0.39 is 0 Å². The molecule has 29 heavy (non-hydrogen) atoms. The van der Waals surface area contributed by atoms with Crippen molar-refractivity contribution in [2.24, 2.45) is 0 Å². The molecular formula is C20H21N5O4. The molecule has 3 aromatic rings. The monoisotopic (exact) mass is 395 g/mol. The number of carbonyl (C=O) groups excluding carboxylic acids is 1. The summed E-state index contributed by atoms with van der Waals surface area (Å²) in [6.07, 6.45) is 5.86. The summed E-state index contributed by atoms with van der Waals surface area (Å²) in [4.78, 5) is 39.6. The number of amides is 1. The van der Waals surface area contributed by atoms with Crippen LogP contribution < -0.4 is 15.0 Å². The summed E-state index contributed by atoms with van der Waals surface area (Å²) >= 11 is 0. The average Bonchev–Trinajstić information content (AvgIpc) is 2.76. The second-order valence-electron chi connectivity index (χ2n) is 6.82. The Balaban J connectivity index is 1.43. The van der Waals surface area contributed by atoms with Crippen molar-refractivity contribution in [3.63, 3.8) is 0 Å². The first-order chi connectivity index (χ1) is 14.1. The Labute approximate surface area is 166 Å². The highest BCUT2D eigenvalue weighted by atomic mass is 16.5. The number of piperidine rings is 1. The molecule has 3 heterocycles. The summed E-state index contributed by atoms with van der Waals surface area (Å²) in [5.74, 6) is 0.585. The molecule has 0 saturated carbocycles. The van der Waals surface area contributed by atoms with Crippen LogP contribution in [0.3, 0.4) is 0 Å². The molecule has 0 unspecified atom stereocenters. The molecule has 0 bridgehead atoms. The van der Waals surface area contributed by atoms with Gasteiger partial charge in [0.05, 0.1) is 43.3 Å². The molecule has 4 rings (SSSR count). The van der Waals surface area contributed by atoms with Crippen LogP contribution in [0.1, 0.15) is 12.8 Å². The predicted octanol–water partition coefficient (Wildman–Crippen LogP) is 1.27. The van der Waals surface area contributed by atoms with Crippen LogP contribution in [0.15, 0.2) is 47.8 Å². The second kappa shape index (κ2) is 8.26. The summed E-state index contributed by atoms with van der Waals surface area (Å²) in [6, 6.07) is 7.10. The quantitative estimate of drug-likeness (QED) is 0.641. The van der Waals surface area contributed by atoms with Crippen LogP contribution in [-0.2, 0) is 11.3 Å². The SMILES string of the molecule is COc1cncc(O[C@H]2CCCN(C(=O)Cn3cnc4ccccc4c3=O)C2)n1. The molecule has 0 spiro atoms. The zero-order chi connectivity index (χ0) is 20.2. The van der Waals surface area contributed by atoms with E-state index in [-0.39, 0.29) is 24.1 Å². The van der Waals surface area contributed by atoms with Crippen LogP contribution in [0.5, 0.6) is 11.8 Å². The number of rotatable bonds is 5. The smallest absolute Gasteiger partial charge is 0.261 e. The van der Waals surface area contributed by atoms with Gasteiger partial charge in [0.1, 0.15) is 12.6 Å². The van der Waals surface area contributed by atoms with E-state index in [0.717, 1.165) is 12.8 Å². The maximum atomic E-state index is 12.8. The number of methoxy groups -OCH3 is 1. The number of hydrogen-bond donors (Lipinski definition) is 0. The van der Waals surface area contributed by atoms with Crippen molar-refractivity contribution in [3.8, 4) is 11.8 Å². The van der Waals surface area contributed by atoms with Gasteiger partial charge in [-0.15, -0.1) is 0 Å². The van der Waals surface area contributed by atoms with E-state index in [1.807, 2.05) is 6.07 Å². The first kappa shape index (κ1) is 18.9. The molecule has 0 N–H and O–H groups in total. The number of nitrogens with zero attached hydrogens (tertiary/aromatic N) is 5. The molecule has 1 amide bonds. The van der Waals surface area contributed by atoms with E-state index >= 15 is 0 Å². The van der Waals surface area contributed by atoms with Crippen LogP contribution in [0.2, 0.25) is 0 Å². The highest BCUT2D eigenvalue weighted by Crippen LogP contribution is 2.18. The largest absolute Gasteiger partial charge is 0.480 e. The summed E-state index contributed by atoms with van der Waals surface area (Å²) in [7, 11) is 1.51. The number of para-hydroxylation sites is 1. The van der Waals surface area contributed by atoms with Crippen LogP contribution >= 0.6 is 0 Å². The fraction of sp³-hybridized carbons (Fsp3) is 0.350. The number of fused-ring (bicyclic) bond motifs is 1. The van der Waals surface area contributed by atoms with Crippen molar-refractivity contribution in [2.75, 3.05) is 20.2 Å². The lowest BCUT2D eigenvalue weighted by Crippen LogP contribution is -2.46. The fourth-order valence-electron chi connectivity index (χ4n) is 3.38. The molecule has 1 atom stereocenters. The zero-order valence-corrected chi connectivity index (χ0v) is 16.0. The van der Waals surface area contributed by atoms with Crippen LogP contribution in [0, 0.1) is 0 Å². The number of likely N-dealkylation sites (tertiary alicyclic amines) is 1. The Morgan fingerprint density at radius 2 is 2.07 bits per heavy atom. The third-order valence-electron chi connectivity index (χ3n) is 4.85. The number of ether oxygens (including phenoxy) is 2. The third kappa shape index (κ3) is 4.18. The average molecular weight is 395 g/mol. The van der Waals surface area contributed by atoms with Crippen LogP contribution in [0.4, 0.5) is 0 Å². The first-order valence-corrected chi connectivity index (χ1v) is 9.38. The van der Waals surface area contributed by atoms with Gasteiger partial charge in [-0.2, -0.15) is 4.98 Å². The van der Waals surface area contributed by atoms with Crippen molar-refractivity contribution >= 4 is 16.8 Å². The van der Waals surface area contributed by atoms with Crippen molar-refractivity contribution in [3.05, 3.63) is 53.3 Å². The lowest BCUT2D eigenvalue weighted by molar-refractivity contribution is -0.134. The molecule has 1 aromatic carbocycles. The van der Waals surface area contributed by atoms with E-state index in [2.05, 4.69) is 15.0 Å². The molecule has 0 aliphatic carbocycles. The molecule has 1 aliphatic heterocycles. The van der Waals surface area contributed by atoms with Crippen molar-refractivity contribution in [1.29, 1.82) is 0 Å². The molecule has 9 nitrogen and oxygen atoms in total. The maximum Gasteiger partial charge on any atom is 0.261 e. The fourth-order valence-corrected chi connectivity index (χ4v) is 3.38. The Hall–Kier alpha value is -3.49. The maximum absolute atomic E-state index is 12.8. The number of hydrogen-bond acceptors (Lipinski definition) is 7. The lowest BCUT2D eigenvalue weighted by Gasteiger charge is -2.32. The molecule has 0 radical (unpaired) electrons. The van der Waals surface area contributed by atoms with Crippen LogP contribution in [0.25, 0.3) is 10.9 Å². The minimum Gasteiger partial charge on any atom is -0.480 e. The predicted molar refractivity (Wildman–Crippen MR) is 105 cm³/mol. The molecule has 2 aromatic heterocycles. The minimum atomic E-state index is -0.222. The van der Waals surface area contributed by atoms with Gasteiger partial charge in [0.2, 0.25) is 17.7 Å². The molecule has 1 aliphatic rings. The number of aromatic nitrogens is 4. The number of carbonyl (C=O) groups is 1. The van der Waals surface area contributed by atoms with E-state index in [1.165, 1.54) is 30.4 Å². The standard InChI is InChI=1S/C20H21N5O4/c1-28-17-9-21-10-18(23-17)29-14-5-4-8-24(11-14)19(26)12-25-13-22-16-7-3-2-6-15(16)20(25)27/h2-3,6-7,9-10,13-14H,4-5,8,11-12H2,1H3/t14-/m0/s1. The molecule has 1 fully saturated rings. The Morgan fingerprint density at radius 1 is 1.24 bits per heavy atom. The van der Waals surface area contributed by atoms with Crippen molar-refractivity contribution in [2.45, 2.75) is 25.5 Å². The summed E-state index contributed by atoms with van der Waals surface area (Å²) in [5, 5.41) is 0.499.